The summed E-state index contributed by atoms with van der Waals surface area (Å²) >= 11 is 0. The zero-order valence-electron chi connectivity index (χ0n) is 14.4. The van der Waals surface area contributed by atoms with E-state index in [4.69, 9.17) is 9.47 Å². The Morgan fingerprint density at radius 1 is 1.00 bits per heavy atom. The van der Waals surface area contributed by atoms with E-state index in [0.717, 1.165) is 0 Å². The standard InChI is InChI=1S/C15H27N3O5/c1-15(2,3)23-14(21)16-6-5-12(19)17-7-9-18(10-8-17)13(20)11-22-4/h5-11H2,1-4H3,(H,16,21). The summed E-state index contributed by atoms with van der Waals surface area (Å²) in [7, 11) is 1.48. The first-order chi connectivity index (χ1) is 10.7. The summed E-state index contributed by atoms with van der Waals surface area (Å²) in [5, 5.41) is 2.56. The Morgan fingerprint density at radius 2 is 1.52 bits per heavy atom. The minimum absolute atomic E-state index is 0.0418. The van der Waals surface area contributed by atoms with Crippen molar-refractivity contribution in [1.29, 1.82) is 0 Å². The Hall–Kier alpha value is -1.83. The quantitative estimate of drug-likeness (QED) is 0.779. The summed E-state index contributed by atoms with van der Waals surface area (Å²) in [6.45, 7) is 7.65. The second kappa shape index (κ2) is 8.71. The van der Waals surface area contributed by atoms with Crippen LogP contribution >= 0.6 is 0 Å². The van der Waals surface area contributed by atoms with E-state index < -0.39 is 11.7 Å². The first kappa shape index (κ1) is 19.2. The topological polar surface area (TPSA) is 88.2 Å². The highest BCUT2D eigenvalue weighted by Crippen LogP contribution is 2.07. The zero-order valence-corrected chi connectivity index (χ0v) is 14.4. The molecule has 0 spiro atoms. The molecule has 23 heavy (non-hydrogen) atoms. The summed E-state index contributed by atoms with van der Waals surface area (Å²) in [6.07, 6.45) is -0.314. The van der Waals surface area contributed by atoms with Gasteiger partial charge in [-0.15, -0.1) is 0 Å². The molecular formula is C15H27N3O5. The monoisotopic (exact) mass is 329 g/mol. The van der Waals surface area contributed by atoms with Gasteiger partial charge in [0.1, 0.15) is 12.2 Å². The molecule has 0 radical (unpaired) electrons. The number of nitrogens with zero attached hydrogens (tertiary/aromatic N) is 2. The van der Waals surface area contributed by atoms with E-state index in [1.165, 1.54) is 7.11 Å². The van der Waals surface area contributed by atoms with E-state index in [1.807, 2.05) is 0 Å². The van der Waals surface area contributed by atoms with E-state index in [-0.39, 0.29) is 31.4 Å². The molecule has 0 aromatic heterocycles. The van der Waals surface area contributed by atoms with Crippen molar-refractivity contribution in [3.63, 3.8) is 0 Å². The fraction of sp³-hybridized carbons (Fsp3) is 0.800. The Bertz CT molecular complexity index is 425. The molecule has 0 aliphatic carbocycles. The van der Waals surface area contributed by atoms with Crippen molar-refractivity contribution in [2.24, 2.45) is 0 Å². The predicted octanol–water partition coefficient (Wildman–Crippen LogP) is 0.218. The van der Waals surface area contributed by atoms with E-state index >= 15 is 0 Å². The van der Waals surface area contributed by atoms with Crippen molar-refractivity contribution < 1.29 is 23.9 Å². The number of alkyl carbamates (subject to hydrolysis) is 1. The lowest BCUT2D eigenvalue weighted by Gasteiger charge is -2.34. The fourth-order valence-corrected chi connectivity index (χ4v) is 2.16. The maximum Gasteiger partial charge on any atom is 0.407 e. The highest BCUT2D eigenvalue weighted by molar-refractivity contribution is 5.79. The molecule has 1 fully saturated rings. The van der Waals surface area contributed by atoms with Gasteiger partial charge in [0.25, 0.3) is 0 Å². The Balaban J connectivity index is 2.24. The third kappa shape index (κ3) is 7.32. The molecule has 1 aliphatic heterocycles. The van der Waals surface area contributed by atoms with Gasteiger partial charge in [0.15, 0.2) is 0 Å². The molecule has 0 bridgehead atoms. The van der Waals surface area contributed by atoms with Crippen LogP contribution in [-0.2, 0) is 19.1 Å². The van der Waals surface area contributed by atoms with Gasteiger partial charge in [0.05, 0.1) is 0 Å². The summed E-state index contributed by atoms with van der Waals surface area (Å²) in [4.78, 5) is 38.6. The van der Waals surface area contributed by atoms with Crippen LogP contribution < -0.4 is 5.32 Å². The fourth-order valence-electron chi connectivity index (χ4n) is 2.16. The number of hydrogen-bond acceptors (Lipinski definition) is 5. The highest BCUT2D eigenvalue weighted by Gasteiger charge is 2.24. The number of hydrogen-bond donors (Lipinski definition) is 1. The molecule has 1 heterocycles. The second-order valence-corrected chi connectivity index (χ2v) is 6.37. The van der Waals surface area contributed by atoms with Gasteiger partial charge in [0, 0.05) is 46.3 Å². The number of ether oxygens (including phenoxy) is 2. The van der Waals surface area contributed by atoms with Gasteiger partial charge in [0.2, 0.25) is 11.8 Å². The third-order valence-corrected chi connectivity index (χ3v) is 3.26. The van der Waals surface area contributed by atoms with Crippen molar-refractivity contribution >= 4 is 17.9 Å². The number of amides is 3. The molecule has 1 aliphatic rings. The SMILES string of the molecule is COCC(=O)N1CCN(C(=O)CCNC(=O)OC(C)(C)C)CC1. The summed E-state index contributed by atoms with van der Waals surface area (Å²) in [6, 6.07) is 0. The van der Waals surface area contributed by atoms with Crippen LogP contribution in [0.1, 0.15) is 27.2 Å². The normalized spacial score (nSPS) is 15.3. The number of carbonyl (C=O) groups excluding carboxylic acids is 3. The van der Waals surface area contributed by atoms with Crippen molar-refractivity contribution in [2.75, 3.05) is 46.4 Å². The van der Waals surface area contributed by atoms with E-state index in [2.05, 4.69) is 5.32 Å². The van der Waals surface area contributed by atoms with Crippen molar-refractivity contribution in [1.82, 2.24) is 15.1 Å². The lowest BCUT2D eigenvalue weighted by molar-refractivity contribution is -0.141. The summed E-state index contributed by atoms with van der Waals surface area (Å²) in [5.74, 6) is -0.105. The number of carbonyl (C=O) groups is 3. The van der Waals surface area contributed by atoms with Crippen molar-refractivity contribution in [2.45, 2.75) is 32.8 Å². The largest absolute Gasteiger partial charge is 0.444 e. The Labute approximate surface area is 137 Å². The molecule has 0 saturated carbocycles. The Kier molecular flexibility index (Phi) is 7.28. The van der Waals surface area contributed by atoms with Crippen LogP contribution in [0.3, 0.4) is 0 Å². The number of methoxy groups -OCH3 is 1. The van der Waals surface area contributed by atoms with E-state index in [0.29, 0.717) is 26.2 Å². The molecule has 1 N–H and O–H groups in total. The average molecular weight is 329 g/mol. The first-order valence-corrected chi connectivity index (χ1v) is 7.74. The van der Waals surface area contributed by atoms with Gasteiger partial charge in [-0.25, -0.2) is 4.79 Å². The van der Waals surface area contributed by atoms with Crippen LogP contribution in [0.4, 0.5) is 4.79 Å². The maximum atomic E-state index is 12.1. The molecule has 0 atom stereocenters. The van der Waals surface area contributed by atoms with E-state index in [9.17, 15) is 14.4 Å². The Morgan fingerprint density at radius 3 is 2.00 bits per heavy atom. The minimum atomic E-state index is -0.556. The van der Waals surface area contributed by atoms with Crippen LogP contribution in [-0.4, -0.2) is 79.7 Å². The van der Waals surface area contributed by atoms with Gasteiger partial charge in [-0.3, -0.25) is 9.59 Å². The number of nitrogens with one attached hydrogen (secondary N) is 1. The predicted molar refractivity (Wildman–Crippen MR) is 83.9 cm³/mol. The molecule has 0 aromatic carbocycles. The van der Waals surface area contributed by atoms with Crippen LogP contribution in [0.25, 0.3) is 0 Å². The minimum Gasteiger partial charge on any atom is -0.444 e. The zero-order chi connectivity index (χ0) is 17.5. The molecule has 8 nitrogen and oxygen atoms in total. The maximum absolute atomic E-state index is 12.1. The van der Waals surface area contributed by atoms with Gasteiger partial charge < -0.3 is 24.6 Å². The second-order valence-electron chi connectivity index (χ2n) is 6.37. The molecule has 8 heteroatoms. The lowest BCUT2D eigenvalue weighted by Crippen LogP contribution is -2.51. The van der Waals surface area contributed by atoms with Gasteiger partial charge in [-0.2, -0.15) is 0 Å². The van der Waals surface area contributed by atoms with Crippen LogP contribution in [0.2, 0.25) is 0 Å². The van der Waals surface area contributed by atoms with Crippen LogP contribution in [0, 0.1) is 0 Å². The summed E-state index contributed by atoms with van der Waals surface area (Å²) in [5.41, 5.74) is -0.556. The molecule has 1 rings (SSSR count). The number of piperazine rings is 1. The van der Waals surface area contributed by atoms with Gasteiger partial charge in [-0.05, 0) is 20.8 Å². The number of rotatable bonds is 5. The third-order valence-electron chi connectivity index (χ3n) is 3.26. The van der Waals surface area contributed by atoms with Gasteiger partial charge >= 0.3 is 6.09 Å². The average Bonchev–Trinajstić information content (AvgIpc) is 2.45. The van der Waals surface area contributed by atoms with Crippen molar-refractivity contribution in [3.8, 4) is 0 Å². The van der Waals surface area contributed by atoms with Gasteiger partial charge in [-0.1, -0.05) is 0 Å². The lowest BCUT2D eigenvalue weighted by atomic mass is 10.2. The van der Waals surface area contributed by atoms with E-state index in [1.54, 1.807) is 30.6 Å². The molecule has 3 amide bonds. The molecular weight excluding hydrogens is 302 g/mol. The highest BCUT2D eigenvalue weighted by atomic mass is 16.6. The molecule has 1 saturated heterocycles. The first-order valence-electron chi connectivity index (χ1n) is 7.74. The molecule has 132 valence electrons. The molecule has 0 aromatic rings. The van der Waals surface area contributed by atoms with Crippen molar-refractivity contribution in [3.05, 3.63) is 0 Å². The smallest absolute Gasteiger partial charge is 0.407 e. The summed E-state index contributed by atoms with van der Waals surface area (Å²) < 4.78 is 9.91. The molecule has 0 unspecified atom stereocenters. The van der Waals surface area contributed by atoms with Crippen LogP contribution in [0.5, 0.6) is 0 Å². The van der Waals surface area contributed by atoms with Crippen LogP contribution in [0.15, 0.2) is 0 Å².